The fraction of sp³-hybridized carbons (Fsp3) is 0.647. The Bertz CT molecular complexity index is 706. The van der Waals surface area contributed by atoms with Crippen molar-refractivity contribution in [3.63, 3.8) is 0 Å². The Morgan fingerprint density at radius 3 is 2.81 bits per heavy atom. The van der Waals surface area contributed by atoms with Crippen molar-refractivity contribution < 1.29 is 18.4 Å². The monoisotopic (exact) mass is 384 g/mol. The van der Waals surface area contributed by atoms with Crippen LogP contribution in [0.2, 0.25) is 0 Å². The van der Waals surface area contributed by atoms with Crippen molar-refractivity contribution in [3.8, 4) is 5.75 Å². The molecular formula is C17H25FN4O3S. The van der Waals surface area contributed by atoms with Crippen LogP contribution in [-0.2, 0) is 22.5 Å². The van der Waals surface area contributed by atoms with Crippen LogP contribution < -0.4 is 9.46 Å². The van der Waals surface area contributed by atoms with E-state index in [2.05, 4.69) is 14.7 Å². The second kappa shape index (κ2) is 8.02. The molecule has 0 aliphatic carbocycles. The van der Waals surface area contributed by atoms with E-state index in [1.165, 1.54) is 19.2 Å². The number of rotatable bonds is 7. The molecule has 0 saturated heterocycles. The molecule has 0 saturated carbocycles. The highest BCUT2D eigenvalue weighted by Gasteiger charge is 2.41. The molecule has 0 spiro atoms. The minimum atomic E-state index is -1.32. The van der Waals surface area contributed by atoms with E-state index in [9.17, 15) is 8.94 Å². The van der Waals surface area contributed by atoms with Crippen LogP contribution in [-0.4, -0.2) is 35.2 Å². The Morgan fingerprint density at radius 1 is 1.54 bits per heavy atom. The molecule has 1 aromatic rings. The average molecular weight is 384 g/mol. The zero-order valence-corrected chi connectivity index (χ0v) is 16.5. The first-order valence-electron chi connectivity index (χ1n) is 8.31. The molecule has 1 aromatic carbocycles. The summed E-state index contributed by atoms with van der Waals surface area (Å²) in [4.78, 5) is 2.79. The molecule has 1 heterocycles. The van der Waals surface area contributed by atoms with E-state index in [4.69, 9.17) is 15.0 Å². The fourth-order valence-corrected chi connectivity index (χ4v) is 3.69. The van der Waals surface area contributed by atoms with Gasteiger partial charge in [-0.15, -0.1) is 4.72 Å². The highest BCUT2D eigenvalue weighted by atomic mass is 32.2. The Balaban J connectivity index is 2.35. The summed E-state index contributed by atoms with van der Waals surface area (Å²) >= 11 is -1.32. The summed E-state index contributed by atoms with van der Waals surface area (Å²) in [5.74, 6) is 0.136. The molecule has 0 radical (unpaired) electrons. The minimum Gasteiger partial charge on any atom is -0.598 e. The van der Waals surface area contributed by atoms with Crippen LogP contribution in [0.4, 0.5) is 4.39 Å². The number of azide groups is 1. The lowest BCUT2D eigenvalue weighted by Crippen LogP contribution is -2.43. The van der Waals surface area contributed by atoms with Gasteiger partial charge in [0.1, 0.15) is 21.9 Å². The molecule has 26 heavy (non-hydrogen) atoms. The standard InChI is InChI=1S/C17H25FN4O3S/c1-11(21-26(23)16(2,3)4)14-7-13(18)6-12-8-17(10-24-5,9-20-22-19)25-15(12)14/h6-7,11,21H,8-10H2,1-5H3/t11?,17?,26-/m1/s1. The number of nitrogens with one attached hydrogen (secondary N) is 1. The lowest BCUT2D eigenvalue weighted by atomic mass is 9.96. The normalized spacial score (nSPS) is 21.5. The first kappa shape index (κ1) is 20.8. The van der Waals surface area contributed by atoms with Crippen LogP contribution in [0.5, 0.6) is 5.75 Å². The first-order chi connectivity index (χ1) is 12.1. The largest absolute Gasteiger partial charge is 0.598 e. The van der Waals surface area contributed by atoms with Gasteiger partial charge in [0, 0.05) is 40.9 Å². The first-order valence-corrected chi connectivity index (χ1v) is 9.46. The predicted molar refractivity (Wildman–Crippen MR) is 98.8 cm³/mol. The smallest absolute Gasteiger partial charge is 0.142 e. The number of methoxy groups -OCH3 is 1. The number of halogens is 1. The third kappa shape index (κ3) is 4.61. The summed E-state index contributed by atoms with van der Waals surface area (Å²) in [6.07, 6.45) is 0.370. The van der Waals surface area contributed by atoms with Crippen LogP contribution >= 0.6 is 0 Å². The van der Waals surface area contributed by atoms with E-state index in [1.807, 2.05) is 27.7 Å². The number of fused-ring (bicyclic) bond motifs is 1. The summed E-state index contributed by atoms with van der Waals surface area (Å²) in [6, 6.07) is 2.41. The zero-order valence-electron chi connectivity index (χ0n) is 15.7. The minimum absolute atomic E-state index is 0.0722. The van der Waals surface area contributed by atoms with Gasteiger partial charge in [0.2, 0.25) is 0 Å². The Kier molecular flexibility index (Phi) is 6.42. The van der Waals surface area contributed by atoms with Crippen LogP contribution in [0.15, 0.2) is 17.2 Å². The zero-order chi connectivity index (χ0) is 19.5. The molecule has 0 bridgehead atoms. The molecule has 0 aromatic heterocycles. The van der Waals surface area contributed by atoms with Gasteiger partial charge in [0.15, 0.2) is 0 Å². The van der Waals surface area contributed by atoms with Gasteiger partial charge in [0.25, 0.3) is 0 Å². The van der Waals surface area contributed by atoms with Crippen molar-refractivity contribution in [3.05, 3.63) is 39.5 Å². The Hall–Kier alpha value is -1.51. The van der Waals surface area contributed by atoms with Crippen molar-refractivity contribution in [1.29, 1.82) is 0 Å². The van der Waals surface area contributed by atoms with Crippen molar-refractivity contribution in [2.45, 2.75) is 50.5 Å². The second-order valence-electron chi connectivity index (χ2n) is 7.49. The molecule has 9 heteroatoms. The van der Waals surface area contributed by atoms with E-state index < -0.39 is 33.6 Å². The van der Waals surface area contributed by atoms with Gasteiger partial charge in [-0.2, -0.15) is 0 Å². The molecule has 1 aliphatic rings. The van der Waals surface area contributed by atoms with Gasteiger partial charge in [-0.3, -0.25) is 0 Å². The number of hydrogen-bond acceptors (Lipinski definition) is 5. The van der Waals surface area contributed by atoms with Crippen molar-refractivity contribution in [2.75, 3.05) is 20.3 Å². The maximum atomic E-state index is 14.2. The third-order valence-electron chi connectivity index (χ3n) is 4.13. The molecule has 1 aliphatic heterocycles. The molecule has 2 rings (SSSR count). The quantitative estimate of drug-likeness (QED) is 0.336. The SMILES string of the molecule is COCC1(CN=[N+]=[N-])Cc2cc(F)cc(C(C)N[S@+]([O-])C(C)(C)C)c2O1. The Labute approximate surface area is 156 Å². The molecule has 0 fully saturated rings. The van der Waals surface area contributed by atoms with Crippen LogP contribution in [0, 0.1) is 5.82 Å². The molecule has 2 unspecified atom stereocenters. The van der Waals surface area contributed by atoms with Crippen molar-refractivity contribution in [1.82, 2.24) is 4.72 Å². The summed E-state index contributed by atoms with van der Waals surface area (Å²) in [5, 5.41) is 3.62. The molecule has 144 valence electrons. The van der Waals surface area contributed by atoms with Gasteiger partial charge in [-0.05, 0) is 45.4 Å². The van der Waals surface area contributed by atoms with Crippen LogP contribution in [0.3, 0.4) is 0 Å². The highest BCUT2D eigenvalue weighted by Crippen LogP contribution is 2.41. The fourth-order valence-electron chi connectivity index (χ4n) is 2.89. The highest BCUT2D eigenvalue weighted by molar-refractivity contribution is 7.90. The molecular weight excluding hydrogens is 359 g/mol. The van der Waals surface area contributed by atoms with E-state index in [1.54, 1.807) is 0 Å². The predicted octanol–water partition coefficient (Wildman–Crippen LogP) is 3.57. The molecule has 7 nitrogen and oxygen atoms in total. The number of nitrogens with zero attached hydrogens (tertiary/aromatic N) is 3. The van der Waals surface area contributed by atoms with Crippen molar-refractivity contribution in [2.24, 2.45) is 5.11 Å². The van der Waals surface area contributed by atoms with E-state index in [0.29, 0.717) is 23.3 Å². The van der Waals surface area contributed by atoms with Crippen molar-refractivity contribution >= 4 is 11.4 Å². The van der Waals surface area contributed by atoms with Gasteiger partial charge < -0.3 is 14.0 Å². The second-order valence-corrected chi connectivity index (χ2v) is 9.49. The molecule has 3 atom stereocenters. The van der Waals surface area contributed by atoms with Crippen LogP contribution in [0.25, 0.3) is 10.4 Å². The summed E-state index contributed by atoms with van der Waals surface area (Å²) < 4.78 is 40.5. The number of hydrogen-bond donors (Lipinski definition) is 1. The van der Waals surface area contributed by atoms with E-state index >= 15 is 0 Å². The van der Waals surface area contributed by atoms with Crippen LogP contribution in [0.1, 0.15) is 44.9 Å². The van der Waals surface area contributed by atoms with E-state index in [-0.39, 0.29) is 13.2 Å². The van der Waals surface area contributed by atoms with Gasteiger partial charge in [-0.25, -0.2) is 4.39 Å². The maximum Gasteiger partial charge on any atom is 0.142 e. The number of benzene rings is 1. The average Bonchev–Trinajstić information content (AvgIpc) is 2.89. The maximum absolute atomic E-state index is 14.2. The lowest BCUT2D eigenvalue weighted by Gasteiger charge is -2.28. The summed E-state index contributed by atoms with van der Waals surface area (Å²) in [7, 11) is 1.53. The Morgan fingerprint density at radius 2 is 2.23 bits per heavy atom. The van der Waals surface area contributed by atoms with E-state index in [0.717, 1.165) is 0 Å². The number of ether oxygens (including phenoxy) is 2. The molecule has 0 amide bonds. The topological polar surface area (TPSA) is 102 Å². The summed E-state index contributed by atoms with van der Waals surface area (Å²) in [5.41, 5.74) is 9.04. The summed E-state index contributed by atoms with van der Waals surface area (Å²) in [6.45, 7) is 7.67. The molecule has 1 N–H and O–H groups in total. The van der Waals surface area contributed by atoms with Gasteiger partial charge >= 0.3 is 0 Å². The third-order valence-corrected chi connectivity index (χ3v) is 5.81. The lowest BCUT2D eigenvalue weighted by molar-refractivity contribution is 0.0125. The van der Waals surface area contributed by atoms with Gasteiger partial charge in [-0.1, -0.05) is 5.11 Å². The van der Waals surface area contributed by atoms with Gasteiger partial charge in [0.05, 0.1) is 19.2 Å².